The van der Waals surface area contributed by atoms with Crippen LogP contribution in [0.2, 0.25) is 0 Å². The van der Waals surface area contributed by atoms with Crippen LogP contribution in [0.15, 0.2) is 47.1 Å². The van der Waals surface area contributed by atoms with Crippen molar-refractivity contribution in [3.8, 4) is 11.5 Å². The van der Waals surface area contributed by atoms with Crippen LogP contribution in [0, 0.1) is 5.82 Å². The molecule has 0 aliphatic rings. The van der Waals surface area contributed by atoms with E-state index in [-0.39, 0.29) is 12.2 Å². The van der Waals surface area contributed by atoms with Crippen LogP contribution >= 0.6 is 0 Å². The maximum atomic E-state index is 13.5. The van der Waals surface area contributed by atoms with Gasteiger partial charge in [0.15, 0.2) is 5.82 Å². The van der Waals surface area contributed by atoms with E-state index in [4.69, 9.17) is 10.3 Å². The Morgan fingerprint density at radius 1 is 1.15 bits per heavy atom. The first-order chi connectivity index (χ1) is 9.72. The molecule has 0 spiro atoms. The maximum Gasteiger partial charge on any atom is 0.259 e. The van der Waals surface area contributed by atoms with Gasteiger partial charge in [-0.2, -0.15) is 4.98 Å². The summed E-state index contributed by atoms with van der Waals surface area (Å²) >= 11 is 0. The maximum absolute atomic E-state index is 13.5. The third-order valence-corrected chi connectivity index (χ3v) is 2.81. The number of rotatable bonds is 3. The zero-order valence-corrected chi connectivity index (χ0v) is 10.5. The fraction of sp³-hybridized carbons (Fsp3) is 0.0714. The Morgan fingerprint density at radius 2 is 2.00 bits per heavy atom. The lowest BCUT2D eigenvalue weighted by atomic mass is 10.1. The molecule has 2 N–H and O–H groups in total. The van der Waals surface area contributed by atoms with Crippen LogP contribution < -0.4 is 5.73 Å². The van der Waals surface area contributed by atoms with Gasteiger partial charge in [-0.1, -0.05) is 23.4 Å². The van der Waals surface area contributed by atoms with Gasteiger partial charge in [0, 0.05) is 12.6 Å². The Hall–Kier alpha value is -2.76. The Labute approximate surface area is 114 Å². The molecular formula is C14H11FN4O. The summed E-state index contributed by atoms with van der Waals surface area (Å²) in [5.74, 6) is 0.888. The van der Waals surface area contributed by atoms with Crippen molar-refractivity contribution in [3.05, 3.63) is 59.8 Å². The van der Waals surface area contributed by atoms with Crippen molar-refractivity contribution in [2.75, 3.05) is 5.73 Å². The molecule has 0 aliphatic heterocycles. The molecule has 0 saturated heterocycles. The topological polar surface area (TPSA) is 77.8 Å². The van der Waals surface area contributed by atoms with E-state index in [1.165, 1.54) is 6.07 Å². The number of anilines is 1. The summed E-state index contributed by atoms with van der Waals surface area (Å²) in [6, 6.07) is 9.89. The van der Waals surface area contributed by atoms with Crippen molar-refractivity contribution >= 4 is 5.82 Å². The lowest BCUT2D eigenvalue weighted by molar-refractivity contribution is 0.423. The quantitative estimate of drug-likeness (QED) is 0.790. The molecule has 3 aromatic rings. The van der Waals surface area contributed by atoms with E-state index in [0.717, 1.165) is 0 Å². The van der Waals surface area contributed by atoms with Gasteiger partial charge in [0.05, 0.1) is 5.56 Å². The number of halogens is 1. The molecule has 0 fully saturated rings. The average Bonchev–Trinajstić information content (AvgIpc) is 2.91. The zero-order valence-electron chi connectivity index (χ0n) is 10.5. The highest BCUT2D eigenvalue weighted by molar-refractivity contribution is 5.53. The molecule has 0 unspecified atom stereocenters. The summed E-state index contributed by atoms with van der Waals surface area (Å²) in [5, 5.41) is 3.84. The lowest BCUT2D eigenvalue weighted by Gasteiger charge is -1.97. The molecule has 6 heteroatoms. The lowest BCUT2D eigenvalue weighted by Crippen LogP contribution is -1.94. The van der Waals surface area contributed by atoms with Crippen LogP contribution in [0.4, 0.5) is 10.2 Å². The van der Waals surface area contributed by atoms with Gasteiger partial charge >= 0.3 is 0 Å². The number of pyridine rings is 1. The number of hydrogen-bond acceptors (Lipinski definition) is 5. The van der Waals surface area contributed by atoms with Crippen LogP contribution in [0.5, 0.6) is 0 Å². The average molecular weight is 270 g/mol. The van der Waals surface area contributed by atoms with Gasteiger partial charge in [-0.15, -0.1) is 0 Å². The van der Waals surface area contributed by atoms with E-state index in [1.807, 2.05) is 0 Å². The summed E-state index contributed by atoms with van der Waals surface area (Å²) in [7, 11) is 0. The van der Waals surface area contributed by atoms with Gasteiger partial charge in [-0.25, -0.2) is 9.37 Å². The van der Waals surface area contributed by atoms with Crippen LogP contribution in [0.25, 0.3) is 11.5 Å². The highest BCUT2D eigenvalue weighted by Crippen LogP contribution is 2.18. The SMILES string of the molecule is Nc1ccc(-c2nc(Cc3ccccc3F)no2)cn1. The second-order valence-electron chi connectivity index (χ2n) is 4.26. The number of nitrogen functional groups attached to an aromatic ring is 1. The number of nitrogens with zero attached hydrogens (tertiary/aromatic N) is 3. The van der Waals surface area contributed by atoms with E-state index >= 15 is 0 Å². The second kappa shape index (κ2) is 5.08. The monoisotopic (exact) mass is 270 g/mol. The van der Waals surface area contributed by atoms with E-state index < -0.39 is 0 Å². The van der Waals surface area contributed by atoms with Crippen molar-refractivity contribution in [2.45, 2.75) is 6.42 Å². The van der Waals surface area contributed by atoms with E-state index in [1.54, 1.807) is 36.5 Å². The summed E-state index contributed by atoms with van der Waals surface area (Å²) in [6.45, 7) is 0. The number of benzene rings is 1. The fourth-order valence-corrected chi connectivity index (χ4v) is 1.79. The molecule has 0 radical (unpaired) electrons. The number of nitrogens with two attached hydrogens (primary N) is 1. The van der Waals surface area contributed by atoms with Crippen LogP contribution in [-0.4, -0.2) is 15.1 Å². The minimum Gasteiger partial charge on any atom is -0.384 e. The first kappa shape index (κ1) is 12.3. The Balaban J connectivity index is 1.84. The van der Waals surface area contributed by atoms with E-state index in [2.05, 4.69) is 15.1 Å². The summed E-state index contributed by atoms with van der Waals surface area (Å²) in [6.07, 6.45) is 1.83. The van der Waals surface area contributed by atoms with Crippen molar-refractivity contribution in [2.24, 2.45) is 0 Å². The molecule has 20 heavy (non-hydrogen) atoms. The fourth-order valence-electron chi connectivity index (χ4n) is 1.79. The van der Waals surface area contributed by atoms with E-state index in [0.29, 0.717) is 28.7 Å². The highest BCUT2D eigenvalue weighted by Gasteiger charge is 2.11. The molecular weight excluding hydrogens is 259 g/mol. The standard InChI is InChI=1S/C14H11FN4O/c15-11-4-2-1-3-9(11)7-13-18-14(20-19-13)10-5-6-12(16)17-8-10/h1-6,8H,7H2,(H2,16,17). The van der Waals surface area contributed by atoms with Gasteiger partial charge in [0.25, 0.3) is 5.89 Å². The van der Waals surface area contributed by atoms with Crippen LogP contribution in [0.1, 0.15) is 11.4 Å². The first-order valence-corrected chi connectivity index (χ1v) is 6.00. The Bertz CT molecular complexity index is 724. The summed E-state index contributed by atoms with van der Waals surface area (Å²) in [4.78, 5) is 8.17. The summed E-state index contributed by atoms with van der Waals surface area (Å²) in [5.41, 5.74) is 6.71. The van der Waals surface area contributed by atoms with Crippen molar-refractivity contribution < 1.29 is 8.91 Å². The third kappa shape index (κ3) is 2.49. The molecule has 0 aliphatic carbocycles. The number of aromatic nitrogens is 3. The van der Waals surface area contributed by atoms with Crippen LogP contribution in [-0.2, 0) is 6.42 Å². The molecule has 1 aromatic carbocycles. The first-order valence-electron chi connectivity index (χ1n) is 6.00. The van der Waals surface area contributed by atoms with Gasteiger partial charge in [0.1, 0.15) is 11.6 Å². The molecule has 100 valence electrons. The molecule has 3 rings (SSSR count). The van der Waals surface area contributed by atoms with Gasteiger partial charge in [-0.05, 0) is 23.8 Å². The minimum absolute atomic E-state index is 0.276. The predicted octanol–water partition coefficient (Wildman–Crippen LogP) is 2.44. The normalized spacial score (nSPS) is 10.7. The molecule has 0 atom stereocenters. The molecule has 2 aromatic heterocycles. The van der Waals surface area contributed by atoms with Crippen molar-refractivity contribution in [1.29, 1.82) is 0 Å². The Kier molecular flexibility index (Phi) is 3.12. The van der Waals surface area contributed by atoms with Crippen LogP contribution in [0.3, 0.4) is 0 Å². The Morgan fingerprint density at radius 3 is 2.75 bits per heavy atom. The predicted molar refractivity (Wildman–Crippen MR) is 71.1 cm³/mol. The minimum atomic E-state index is -0.284. The number of hydrogen-bond donors (Lipinski definition) is 1. The summed E-state index contributed by atoms with van der Waals surface area (Å²) < 4.78 is 18.7. The van der Waals surface area contributed by atoms with Gasteiger partial charge in [0.2, 0.25) is 0 Å². The molecule has 0 saturated carbocycles. The van der Waals surface area contributed by atoms with Crippen molar-refractivity contribution in [3.63, 3.8) is 0 Å². The van der Waals surface area contributed by atoms with Crippen molar-refractivity contribution in [1.82, 2.24) is 15.1 Å². The highest BCUT2D eigenvalue weighted by atomic mass is 19.1. The smallest absolute Gasteiger partial charge is 0.259 e. The molecule has 5 nitrogen and oxygen atoms in total. The van der Waals surface area contributed by atoms with E-state index in [9.17, 15) is 4.39 Å². The second-order valence-corrected chi connectivity index (χ2v) is 4.26. The largest absolute Gasteiger partial charge is 0.384 e. The molecule has 2 heterocycles. The third-order valence-electron chi connectivity index (χ3n) is 2.81. The zero-order chi connectivity index (χ0) is 13.9. The molecule has 0 amide bonds. The van der Waals surface area contributed by atoms with Gasteiger partial charge < -0.3 is 10.3 Å². The van der Waals surface area contributed by atoms with Gasteiger partial charge in [-0.3, -0.25) is 0 Å². The molecule has 0 bridgehead atoms.